The molecular formula is C25H18N6OS. The molecule has 0 aliphatic heterocycles. The largest absolute Gasteiger partial charge is 0.345 e. The highest BCUT2D eigenvalue weighted by molar-refractivity contribution is 7.22. The number of carbonyl (C=O) groups is 1. The van der Waals surface area contributed by atoms with E-state index >= 15 is 0 Å². The number of para-hydroxylation sites is 2. The number of hydrogen-bond donors (Lipinski definition) is 3. The average Bonchev–Trinajstić information content (AvgIpc) is 3.45. The third kappa shape index (κ3) is 3.88. The van der Waals surface area contributed by atoms with Gasteiger partial charge in [0.25, 0.3) is 5.91 Å². The monoisotopic (exact) mass is 450 g/mol. The van der Waals surface area contributed by atoms with Gasteiger partial charge in [0.2, 0.25) is 0 Å². The summed E-state index contributed by atoms with van der Waals surface area (Å²) in [6, 6.07) is 23.3. The molecule has 8 heteroatoms. The lowest BCUT2D eigenvalue weighted by atomic mass is 10.2. The van der Waals surface area contributed by atoms with E-state index in [2.05, 4.69) is 30.6 Å². The number of nitrogens with zero attached hydrogens (tertiary/aromatic N) is 3. The van der Waals surface area contributed by atoms with Gasteiger partial charge < -0.3 is 15.6 Å². The molecule has 0 spiro atoms. The maximum absolute atomic E-state index is 12.7. The lowest BCUT2D eigenvalue weighted by Gasteiger charge is -2.03. The molecule has 0 saturated heterocycles. The molecule has 6 rings (SSSR count). The maximum atomic E-state index is 12.7. The Labute approximate surface area is 192 Å². The molecule has 0 atom stereocenters. The van der Waals surface area contributed by atoms with E-state index in [4.69, 9.17) is 0 Å². The van der Waals surface area contributed by atoms with Gasteiger partial charge in [0.1, 0.15) is 5.82 Å². The van der Waals surface area contributed by atoms with Crippen LogP contribution in [0.1, 0.15) is 16.2 Å². The van der Waals surface area contributed by atoms with Crippen LogP contribution in [0.15, 0.2) is 79.0 Å². The molecule has 3 heterocycles. The number of anilines is 2. The minimum Gasteiger partial charge on any atom is -0.345 e. The molecule has 3 aromatic carbocycles. The number of rotatable bonds is 5. The van der Waals surface area contributed by atoms with Gasteiger partial charge in [0.05, 0.1) is 33.3 Å². The fraction of sp³-hybridized carbons (Fsp3) is 0.0400. The van der Waals surface area contributed by atoms with Crippen LogP contribution in [0.25, 0.3) is 32.2 Å². The van der Waals surface area contributed by atoms with Gasteiger partial charge in [-0.2, -0.15) is 0 Å². The quantitative estimate of drug-likeness (QED) is 0.327. The van der Waals surface area contributed by atoms with E-state index in [0.717, 1.165) is 48.8 Å². The number of aromatic amines is 1. The van der Waals surface area contributed by atoms with Crippen molar-refractivity contribution in [3.05, 3.63) is 90.4 Å². The first kappa shape index (κ1) is 19.4. The zero-order chi connectivity index (χ0) is 22.2. The number of nitrogens with one attached hydrogen (secondary N) is 3. The molecule has 6 aromatic rings. The normalized spacial score (nSPS) is 11.3. The van der Waals surface area contributed by atoms with Gasteiger partial charge in [-0.05, 0) is 54.6 Å². The summed E-state index contributed by atoms with van der Waals surface area (Å²) in [6.45, 7) is 0.331. The topological polar surface area (TPSA) is 95.6 Å². The first-order chi connectivity index (χ1) is 16.2. The van der Waals surface area contributed by atoms with Crippen LogP contribution in [-0.2, 0) is 6.54 Å². The maximum Gasteiger partial charge on any atom is 0.251 e. The second-order valence-corrected chi connectivity index (χ2v) is 8.65. The number of amides is 1. The Morgan fingerprint density at radius 1 is 0.909 bits per heavy atom. The number of benzene rings is 3. The summed E-state index contributed by atoms with van der Waals surface area (Å²) in [6.07, 6.45) is 1.79. The first-order valence-electron chi connectivity index (χ1n) is 10.5. The Morgan fingerprint density at radius 3 is 2.76 bits per heavy atom. The van der Waals surface area contributed by atoms with E-state index in [9.17, 15) is 4.79 Å². The highest BCUT2D eigenvalue weighted by atomic mass is 32.1. The van der Waals surface area contributed by atoms with Crippen LogP contribution in [0.2, 0.25) is 0 Å². The highest BCUT2D eigenvalue weighted by Gasteiger charge is 2.11. The number of fused-ring (bicyclic) bond motifs is 3. The Kier molecular flexibility index (Phi) is 4.70. The first-order valence-corrected chi connectivity index (χ1v) is 11.3. The van der Waals surface area contributed by atoms with Crippen molar-refractivity contribution < 1.29 is 4.79 Å². The van der Waals surface area contributed by atoms with E-state index in [1.54, 1.807) is 12.3 Å². The van der Waals surface area contributed by atoms with Crippen LogP contribution >= 0.6 is 11.3 Å². The average molecular weight is 451 g/mol. The van der Waals surface area contributed by atoms with E-state index < -0.39 is 0 Å². The predicted octanol–water partition coefficient (Wildman–Crippen LogP) is 5.39. The number of imidazole rings is 1. The fourth-order valence-corrected chi connectivity index (χ4v) is 4.68. The number of carbonyl (C=O) groups excluding carboxylic acids is 1. The van der Waals surface area contributed by atoms with Gasteiger partial charge in [-0.25, -0.2) is 9.97 Å². The van der Waals surface area contributed by atoms with Crippen molar-refractivity contribution in [2.45, 2.75) is 6.54 Å². The third-order valence-corrected chi connectivity index (χ3v) is 6.29. The van der Waals surface area contributed by atoms with Crippen molar-refractivity contribution in [2.75, 3.05) is 5.32 Å². The standard InChI is InChI=1S/C25H18N6OS/c32-24(27-14-23-29-19-5-1-2-6-20(19)30-23)16-7-9-21-22(13-16)33-25(31-21)28-17-8-10-18-15(12-17)4-3-11-26-18/h1-13H,14H2,(H,27,32)(H,28,31)(H,29,30). The molecule has 0 aliphatic carbocycles. The van der Waals surface area contributed by atoms with Crippen molar-refractivity contribution in [2.24, 2.45) is 0 Å². The van der Waals surface area contributed by atoms with E-state index in [1.165, 1.54) is 11.3 Å². The number of H-pyrrole nitrogens is 1. The van der Waals surface area contributed by atoms with Gasteiger partial charge in [-0.3, -0.25) is 9.78 Å². The Bertz CT molecular complexity index is 1600. The van der Waals surface area contributed by atoms with Crippen LogP contribution in [0.3, 0.4) is 0 Å². The summed E-state index contributed by atoms with van der Waals surface area (Å²) in [4.78, 5) is 29.4. The van der Waals surface area contributed by atoms with E-state index in [-0.39, 0.29) is 5.91 Å². The van der Waals surface area contributed by atoms with Crippen molar-refractivity contribution in [1.29, 1.82) is 0 Å². The van der Waals surface area contributed by atoms with Crippen LogP contribution in [0, 0.1) is 0 Å². The van der Waals surface area contributed by atoms with Gasteiger partial charge in [-0.15, -0.1) is 0 Å². The molecule has 0 saturated carbocycles. The van der Waals surface area contributed by atoms with E-state index in [1.807, 2.05) is 66.7 Å². The Hall–Kier alpha value is -4.30. The molecule has 0 unspecified atom stereocenters. The van der Waals surface area contributed by atoms with Gasteiger partial charge in [-0.1, -0.05) is 29.5 Å². The zero-order valence-corrected chi connectivity index (χ0v) is 18.2. The number of aromatic nitrogens is 4. The summed E-state index contributed by atoms with van der Waals surface area (Å²) in [5, 5.41) is 8.13. The third-order valence-electron chi connectivity index (χ3n) is 5.36. The van der Waals surface area contributed by atoms with Gasteiger partial charge in [0, 0.05) is 22.8 Å². The molecule has 33 heavy (non-hydrogen) atoms. The molecule has 3 N–H and O–H groups in total. The van der Waals surface area contributed by atoms with Crippen molar-refractivity contribution >= 4 is 60.2 Å². The summed E-state index contributed by atoms with van der Waals surface area (Å²) in [5.41, 5.74) is 5.17. The molecule has 0 bridgehead atoms. The summed E-state index contributed by atoms with van der Waals surface area (Å²) >= 11 is 1.51. The van der Waals surface area contributed by atoms with Gasteiger partial charge in [0.15, 0.2) is 5.13 Å². The van der Waals surface area contributed by atoms with Crippen molar-refractivity contribution in [3.63, 3.8) is 0 Å². The SMILES string of the molecule is O=C(NCc1nc2ccccc2[nH]1)c1ccc2nc(Nc3ccc4ncccc4c3)sc2c1. The Balaban J connectivity index is 1.18. The zero-order valence-electron chi connectivity index (χ0n) is 17.4. The smallest absolute Gasteiger partial charge is 0.251 e. The van der Waals surface area contributed by atoms with E-state index in [0.29, 0.717) is 12.1 Å². The van der Waals surface area contributed by atoms with Crippen LogP contribution in [-0.4, -0.2) is 25.8 Å². The fourth-order valence-electron chi connectivity index (χ4n) is 3.75. The minimum atomic E-state index is -0.151. The molecule has 3 aromatic heterocycles. The van der Waals surface area contributed by atoms with Crippen molar-refractivity contribution in [1.82, 2.24) is 25.3 Å². The lowest BCUT2D eigenvalue weighted by Crippen LogP contribution is -2.23. The summed E-state index contributed by atoms with van der Waals surface area (Å²) in [5.74, 6) is 0.572. The number of hydrogen-bond acceptors (Lipinski definition) is 6. The van der Waals surface area contributed by atoms with Crippen LogP contribution in [0.5, 0.6) is 0 Å². The molecule has 1 amide bonds. The summed E-state index contributed by atoms with van der Waals surface area (Å²) < 4.78 is 0.941. The molecular weight excluding hydrogens is 432 g/mol. The number of pyridine rings is 1. The van der Waals surface area contributed by atoms with Crippen molar-refractivity contribution in [3.8, 4) is 0 Å². The predicted molar refractivity (Wildman–Crippen MR) is 132 cm³/mol. The summed E-state index contributed by atoms with van der Waals surface area (Å²) in [7, 11) is 0. The molecule has 0 fully saturated rings. The molecule has 0 aliphatic rings. The minimum absolute atomic E-state index is 0.151. The lowest BCUT2D eigenvalue weighted by molar-refractivity contribution is 0.0950. The molecule has 7 nitrogen and oxygen atoms in total. The van der Waals surface area contributed by atoms with Crippen LogP contribution < -0.4 is 10.6 Å². The molecule has 160 valence electrons. The van der Waals surface area contributed by atoms with Crippen LogP contribution in [0.4, 0.5) is 10.8 Å². The Morgan fingerprint density at radius 2 is 1.82 bits per heavy atom. The highest BCUT2D eigenvalue weighted by Crippen LogP contribution is 2.30. The second kappa shape index (κ2) is 7.99. The second-order valence-electron chi connectivity index (χ2n) is 7.62. The molecule has 0 radical (unpaired) electrons. The number of thiazole rings is 1. The van der Waals surface area contributed by atoms with Gasteiger partial charge >= 0.3 is 0 Å².